The fraction of sp³-hybridized carbons (Fsp3) is 0.559. The largest absolute Gasteiger partial charge is 0.543 e. The van der Waals surface area contributed by atoms with Gasteiger partial charge in [-0.05, 0) is 42.4 Å². The summed E-state index contributed by atoms with van der Waals surface area (Å²) in [7, 11) is 0. The number of thiol groups is 1. The summed E-state index contributed by atoms with van der Waals surface area (Å²) >= 11 is 10.5. The Morgan fingerprint density at radius 3 is 1.61 bits per heavy atom. The van der Waals surface area contributed by atoms with Gasteiger partial charge in [-0.25, -0.2) is 4.79 Å². The Hall–Kier alpha value is -3.73. The summed E-state index contributed by atoms with van der Waals surface area (Å²) in [6, 6.07) is -2.67. The third-order valence-electron chi connectivity index (χ3n) is 8.02. The van der Waals surface area contributed by atoms with Crippen LogP contribution in [0.2, 0.25) is 0 Å². The number of hydrogen-bond donors (Lipinski definition) is 8. The number of aliphatic carboxylic acids is 4. The molecule has 0 aliphatic carbocycles. The van der Waals surface area contributed by atoms with Gasteiger partial charge >= 0.3 is 5.97 Å². The second-order valence-corrected chi connectivity index (χ2v) is 17.5. The average Bonchev–Trinajstić information content (AvgIpc) is 3.18. The highest BCUT2D eigenvalue weighted by Crippen LogP contribution is 2.40. The van der Waals surface area contributed by atoms with Gasteiger partial charge in [-0.1, -0.05) is 0 Å². The third-order valence-corrected chi connectivity index (χ3v) is 13.2. The predicted octanol–water partition coefficient (Wildman–Crippen LogP) is -5.16. The van der Waals surface area contributed by atoms with Crippen LogP contribution < -0.4 is 41.9 Å². The van der Waals surface area contributed by atoms with Gasteiger partial charge in [-0.2, -0.15) is 36.2 Å². The van der Waals surface area contributed by atoms with Crippen LogP contribution in [-0.4, -0.2) is 162 Å². The van der Waals surface area contributed by atoms with Gasteiger partial charge in [-0.15, -0.1) is 35.3 Å². The Morgan fingerprint density at radius 2 is 1.20 bits per heavy atom. The van der Waals surface area contributed by atoms with Gasteiger partial charge < -0.3 is 72.0 Å². The molecular weight excluding hydrogens is 925 g/mol. The second kappa shape index (κ2) is 28.1. The van der Waals surface area contributed by atoms with Crippen LogP contribution in [-0.2, 0) is 43.2 Å². The van der Waals surface area contributed by atoms with E-state index in [2.05, 4.69) is 39.2 Å². The molecule has 4 amide bonds. The van der Waals surface area contributed by atoms with Gasteiger partial charge in [0.25, 0.3) is 5.91 Å². The first-order chi connectivity index (χ1) is 28.2. The van der Waals surface area contributed by atoms with Crippen molar-refractivity contribution in [2.45, 2.75) is 61.9 Å². The first-order valence-corrected chi connectivity index (χ1v) is 24.1. The van der Waals surface area contributed by atoms with E-state index in [0.29, 0.717) is 28.6 Å². The maximum Gasteiger partial charge on any atom is 0.329 e. The predicted molar refractivity (Wildman–Crippen MR) is 231 cm³/mol. The van der Waals surface area contributed by atoms with Crippen molar-refractivity contribution < 1.29 is 74.2 Å². The number of hydrogen-bond acceptors (Lipinski definition) is 21. The first kappa shape index (κ1) is 57.3. The van der Waals surface area contributed by atoms with Gasteiger partial charge in [0.15, 0.2) is 11.8 Å². The van der Waals surface area contributed by atoms with E-state index in [0.717, 1.165) is 24.3 Å². The summed E-state index contributed by atoms with van der Waals surface area (Å²) in [6.07, 6.45) is 5.45. The van der Waals surface area contributed by atoms with Crippen LogP contribution in [0.15, 0.2) is 33.8 Å². The fourth-order valence-electron chi connectivity index (χ4n) is 5.55. The summed E-state index contributed by atoms with van der Waals surface area (Å²) in [5.74, 6) is -4.91. The van der Waals surface area contributed by atoms with E-state index in [4.69, 9.17) is 10.2 Å². The fourth-order valence-corrected chi connectivity index (χ4v) is 10.8. The number of aliphatic hydroxyl groups is 1. The molecule has 1 fully saturated rings. The topological polar surface area (TPSA) is 358 Å². The zero-order valence-electron chi connectivity index (χ0n) is 33.9. The van der Waals surface area contributed by atoms with E-state index >= 15 is 0 Å². The van der Waals surface area contributed by atoms with Crippen molar-refractivity contribution in [2.75, 3.05) is 54.1 Å². The molecule has 21 nitrogen and oxygen atoms in total. The van der Waals surface area contributed by atoms with E-state index in [1.54, 1.807) is 6.26 Å². The van der Waals surface area contributed by atoms with E-state index in [9.17, 15) is 58.5 Å². The summed E-state index contributed by atoms with van der Waals surface area (Å²) in [5.41, 5.74) is 1.33. The van der Waals surface area contributed by atoms with Gasteiger partial charge in [0, 0.05) is 49.5 Å². The van der Waals surface area contributed by atoms with Crippen molar-refractivity contribution in [3.8, 4) is 0 Å². The molecule has 4 heterocycles. The van der Waals surface area contributed by atoms with Crippen molar-refractivity contribution in [1.82, 2.24) is 31.5 Å². The molecule has 27 heteroatoms. The quantitative estimate of drug-likeness (QED) is 0.0562. The summed E-state index contributed by atoms with van der Waals surface area (Å²) in [5, 5.41) is 62.2. The molecule has 0 saturated carbocycles. The number of Topliss-reactive ketones (excluding diaryl/α,β-unsaturated/α-hetero) is 1. The molecule has 0 aromatic heterocycles. The minimum absolute atomic E-state index is 0. The number of amides is 4. The van der Waals surface area contributed by atoms with Crippen molar-refractivity contribution >= 4 is 125 Å². The molecule has 0 bridgehead atoms. The molecule has 0 spiro atoms. The average molecular weight is 974 g/mol. The highest BCUT2D eigenvalue weighted by atomic mass is 32.2. The van der Waals surface area contributed by atoms with Crippen molar-refractivity contribution in [1.29, 1.82) is 0 Å². The molecule has 1 saturated heterocycles. The van der Waals surface area contributed by atoms with Crippen LogP contribution in [0.3, 0.4) is 0 Å². The second-order valence-electron chi connectivity index (χ2n) is 12.4. The minimum Gasteiger partial charge on any atom is -0.543 e. The normalized spacial score (nSPS) is 21.1. The molecule has 4 rings (SSSR count). The number of thioether (sulfide) groups is 5. The smallest absolute Gasteiger partial charge is 0.329 e. The van der Waals surface area contributed by atoms with Crippen LogP contribution in [0, 0.1) is 0 Å². The highest BCUT2D eigenvalue weighted by molar-refractivity contribution is 8.01. The van der Waals surface area contributed by atoms with E-state index in [-0.39, 0.29) is 62.8 Å². The number of carboxylic acid groups (broad SMARTS) is 4. The monoisotopic (exact) mass is 973 g/mol. The maximum absolute atomic E-state index is 12.0. The third kappa shape index (κ3) is 16.8. The zero-order valence-corrected chi connectivity index (χ0v) is 38.9. The van der Waals surface area contributed by atoms with Crippen LogP contribution in [0.1, 0.15) is 27.7 Å². The van der Waals surface area contributed by atoms with Gasteiger partial charge in [0.1, 0.15) is 28.2 Å². The molecular formula is C34H49N6O15S6-3. The molecule has 0 aromatic carbocycles. The van der Waals surface area contributed by atoms with Gasteiger partial charge in [0.2, 0.25) is 17.7 Å². The Labute approximate surface area is 378 Å². The summed E-state index contributed by atoms with van der Waals surface area (Å²) in [4.78, 5) is 102. The lowest BCUT2D eigenvalue weighted by Gasteiger charge is -2.50. The molecule has 4 aliphatic heterocycles. The lowest BCUT2D eigenvalue weighted by atomic mass is 10.0. The number of carbonyl (C=O) groups excluding carboxylic acids is 8. The van der Waals surface area contributed by atoms with Crippen LogP contribution in [0.5, 0.6) is 0 Å². The molecule has 0 radical (unpaired) electrons. The number of β-lactam (4-membered cyclic amide) rings is 1. The molecule has 4 aliphatic rings. The van der Waals surface area contributed by atoms with Crippen LogP contribution >= 0.6 is 71.4 Å². The van der Waals surface area contributed by atoms with Crippen LogP contribution in [0.4, 0.5) is 0 Å². The Kier molecular flexibility index (Phi) is 26.3. The van der Waals surface area contributed by atoms with E-state index < -0.39 is 65.3 Å². The lowest BCUT2D eigenvalue weighted by molar-refractivity contribution is -0.302. The number of fused-ring (bicyclic) bond motifs is 1. The zero-order chi connectivity index (χ0) is 46.0. The van der Waals surface area contributed by atoms with E-state index in [1.807, 2.05) is 12.5 Å². The minimum atomic E-state index is -1.53. The molecule has 61 heavy (non-hydrogen) atoms. The standard InChI is InChI=1S/C12H18N2O4S2.C11H14N2O4S2.C10H14N2O6S.CH4S.H2O/c1-6(15)9(13-7(2)16)11-14-10(12(17)18)8(4-19-3)5-20-11;1-5(14)12-7-9(15)13-8(11(16)17)6(3-18-2)4-19-10(7)13;1-4(14)11-7(10(17)18)8-12-6(9(15)16)5(2-13)3-19-8;1-2;/h9,11,14H,4-5H2,1-3H3,(H,13,16)(H,17,18);7,10H,3-4H2,1-2H3,(H,12,14)(H,16,17);7-8,12-13H,2-3H2,1H3,(H,11,14)(H,15,16)(H,17,18);2H,1H3;1H2/p-3/t9-,11-;7-,10-;7-,8+;;/m110../s1. The molecule has 9 N–H and O–H groups in total. The maximum atomic E-state index is 12.0. The molecule has 344 valence electrons. The first-order valence-electron chi connectivity index (χ1n) is 17.3. The molecule has 6 atom stereocenters. The van der Waals surface area contributed by atoms with Crippen molar-refractivity contribution in [3.05, 3.63) is 33.8 Å². The Bertz CT molecular complexity index is 1760. The Morgan fingerprint density at radius 1 is 0.754 bits per heavy atom. The number of ketones is 1. The number of nitrogens with one attached hydrogen (secondary N) is 5. The number of carbonyl (C=O) groups is 9. The summed E-state index contributed by atoms with van der Waals surface area (Å²) < 4.78 is 0. The molecule has 0 aromatic rings. The highest BCUT2D eigenvalue weighted by Gasteiger charge is 2.52. The number of carboxylic acids is 4. The Balaban J connectivity index is 0.000000860. The summed E-state index contributed by atoms with van der Waals surface area (Å²) in [6.45, 7) is 4.71. The number of aliphatic hydroxyl groups excluding tert-OH is 1. The van der Waals surface area contributed by atoms with Gasteiger partial charge in [-0.3, -0.25) is 28.9 Å². The van der Waals surface area contributed by atoms with Gasteiger partial charge in [0.05, 0.1) is 41.6 Å². The SMILES string of the molecule is CC(=O)N[C@H](C(=O)O)[C@@H]1NC(C(=O)[O-])=C(CO)CS1.CS.CSCC1=C(C(=O)[O-])N2C(=O)[C@@H](NC(C)=O)[C@H]2SC1.CSCC1=C(C(=O)[O-])N[C@@H]([C@H](NC(C)=O)C(C)=O)SC1.O. The lowest BCUT2D eigenvalue weighted by Crippen LogP contribution is -2.71. The van der Waals surface area contributed by atoms with Crippen molar-refractivity contribution in [2.24, 2.45) is 0 Å². The molecule has 0 unspecified atom stereocenters. The van der Waals surface area contributed by atoms with Crippen molar-refractivity contribution in [3.63, 3.8) is 0 Å². The number of rotatable bonds is 15. The number of nitrogens with zero attached hydrogens (tertiary/aromatic N) is 1. The van der Waals surface area contributed by atoms with Crippen LogP contribution in [0.25, 0.3) is 0 Å². The van der Waals surface area contributed by atoms with E-state index in [1.165, 1.54) is 72.7 Å².